The molecule has 1 aliphatic rings. The molecule has 1 aliphatic heterocycles. The van der Waals surface area contributed by atoms with Crippen LogP contribution in [-0.2, 0) is 6.42 Å². The number of hydrogen-bond donors (Lipinski definition) is 1. The monoisotopic (exact) mass is 190 g/mol. The van der Waals surface area contributed by atoms with Crippen LogP contribution in [-0.4, -0.2) is 5.11 Å². The van der Waals surface area contributed by atoms with Crippen molar-refractivity contribution < 1.29 is 0 Å². The maximum atomic E-state index is 5.59. The Hall–Kier alpha value is -1.35. The van der Waals surface area contributed by atoms with Crippen LogP contribution >= 0.6 is 12.2 Å². The molecule has 0 aromatic heterocycles. The van der Waals surface area contributed by atoms with Crippen LogP contribution in [0.3, 0.4) is 0 Å². The molecule has 0 bridgehead atoms. The predicted molar refractivity (Wildman–Crippen MR) is 58.6 cm³/mol. The summed E-state index contributed by atoms with van der Waals surface area (Å²) in [6.07, 6.45) is 4.93. The molecule has 1 heterocycles. The lowest BCUT2D eigenvalue weighted by atomic mass is 10.1. The number of thiocarbonyl (C=S) groups is 1. The largest absolute Gasteiger partial charge is 0.376 e. The summed E-state index contributed by atoms with van der Waals surface area (Å²) < 4.78 is 0. The van der Waals surface area contributed by atoms with Gasteiger partial charge in [-0.3, -0.25) is 4.90 Å². The number of benzene rings is 1. The van der Waals surface area contributed by atoms with Crippen LogP contribution < -0.4 is 10.6 Å². The Morgan fingerprint density at radius 2 is 2.15 bits per heavy atom. The van der Waals surface area contributed by atoms with Gasteiger partial charge in [-0.2, -0.15) is 0 Å². The van der Waals surface area contributed by atoms with Crippen LogP contribution in [0.15, 0.2) is 36.5 Å². The maximum Gasteiger partial charge on any atom is 0.174 e. The van der Waals surface area contributed by atoms with Crippen LogP contribution in [0.4, 0.5) is 5.69 Å². The van der Waals surface area contributed by atoms with E-state index in [9.17, 15) is 0 Å². The van der Waals surface area contributed by atoms with Crippen LogP contribution in [0.2, 0.25) is 0 Å². The first-order valence-electron chi connectivity index (χ1n) is 4.12. The Bertz CT molecular complexity index is 371. The highest BCUT2D eigenvalue weighted by Crippen LogP contribution is 2.24. The van der Waals surface area contributed by atoms with Gasteiger partial charge in [-0.05, 0) is 30.3 Å². The molecule has 0 radical (unpaired) electrons. The Morgan fingerprint density at radius 1 is 1.38 bits per heavy atom. The molecule has 3 heteroatoms. The van der Waals surface area contributed by atoms with Crippen LogP contribution in [0.25, 0.3) is 0 Å². The van der Waals surface area contributed by atoms with E-state index in [2.05, 4.69) is 12.1 Å². The summed E-state index contributed by atoms with van der Waals surface area (Å²) in [6, 6.07) is 8.13. The number of rotatable bonds is 0. The van der Waals surface area contributed by atoms with Gasteiger partial charge in [-0.15, -0.1) is 0 Å². The average molecular weight is 190 g/mol. The Balaban J connectivity index is 2.48. The van der Waals surface area contributed by atoms with E-state index in [1.54, 1.807) is 0 Å². The smallest absolute Gasteiger partial charge is 0.174 e. The standard InChI is InChI=1S/C10H10N2S/c11-10(13)12-7-3-5-8-4-1-2-6-9(8)12/h1-4,6-7H,5H2,(H2,11,13). The second kappa shape index (κ2) is 3.18. The predicted octanol–water partition coefficient (Wildman–Crippen LogP) is 1.81. The molecular weight excluding hydrogens is 180 g/mol. The molecular formula is C10H10N2S. The van der Waals surface area contributed by atoms with Gasteiger partial charge in [0.05, 0.1) is 5.69 Å². The summed E-state index contributed by atoms with van der Waals surface area (Å²) in [7, 11) is 0. The molecule has 0 fully saturated rings. The molecule has 2 nitrogen and oxygen atoms in total. The lowest BCUT2D eigenvalue weighted by Crippen LogP contribution is -2.32. The molecule has 0 atom stereocenters. The van der Waals surface area contributed by atoms with E-state index >= 15 is 0 Å². The molecule has 2 N–H and O–H groups in total. The van der Waals surface area contributed by atoms with Gasteiger partial charge in [-0.1, -0.05) is 24.3 Å². The Morgan fingerprint density at radius 3 is 2.92 bits per heavy atom. The SMILES string of the molecule is NC(=S)N1C=CCc2ccccc21. The molecule has 1 aromatic rings. The molecule has 1 aromatic carbocycles. The summed E-state index contributed by atoms with van der Waals surface area (Å²) in [5.41, 5.74) is 7.94. The molecule has 0 amide bonds. The molecule has 0 aliphatic carbocycles. The number of nitrogens with zero attached hydrogens (tertiary/aromatic N) is 1. The molecule has 66 valence electrons. The van der Waals surface area contributed by atoms with Gasteiger partial charge in [0.2, 0.25) is 0 Å². The first kappa shape index (κ1) is 8.26. The number of fused-ring (bicyclic) bond motifs is 1. The third-order valence-electron chi connectivity index (χ3n) is 2.08. The van der Waals surface area contributed by atoms with Crippen molar-refractivity contribution in [1.29, 1.82) is 0 Å². The summed E-state index contributed by atoms with van der Waals surface area (Å²) in [6.45, 7) is 0. The third-order valence-corrected chi connectivity index (χ3v) is 2.28. The van der Waals surface area contributed by atoms with Crippen molar-refractivity contribution in [2.45, 2.75) is 6.42 Å². The van der Waals surface area contributed by atoms with Crippen LogP contribution in [0.5, 0.6) is 0 Å². The highest BCUT2D eigenvalue weighted by Gasteiger charge is 2.12. The minimum absolute atomic E-state index is 0.392. The minimum atomic E-state index is 0.392. The average Bonchev–Trinajstić information content (AvgIpc) is 2.17. The van der Waals surface area contributed by atoms with E-state index in [-0.39, 0.29) is 0 Å². The highest BCUT2D eigenvalue weighted by molar-refractivity contribution is 7.80. The summed E-state index contributed by atoms with van der Waals surface area (Å²) in [5, 5.41) is 0.392. The number of hydrogen-bond acceptors (Lipinski definition) is 1. The van der Waals surface area contributed by atoms with E-state index in [4.69, 9.17) is 18.0 Å². The lowest BCUT2D eigenvalue weighted by Gasteiger charge is -2.24. The van der Waals surface area contributed by atoms with Crippen molar-refractivity contribution in [1.82, 2.24) is 0 Å². The fourth-order valence-corrected chi connectivity index (χ4v) is 1.64. The van der Waals surface area contributed by atoms with E-state index in [0.717, 1.165) is 12.1 Å². The van der Waals surface area contributed by atoms with Crippen LogP contribution in [0.1, 0.15) is 5.56 Å². The fraction of sp³-hybridized carbons (Fsp3) is 0.100. The highest BCUT2D eigenvalue weighted by atomic mass is 32.1. The van der Waals surface area contributed by atoms with Crippen molar-refractivity contribution in [2.24, 2.45) is 5.73 Å². The van der Waals surface area contributed by atoms with Gasteiger partial charge in [0, 0.05) is 6.20 Å². The van der Waals surface area contributed by atoms with Crippen molar-refractivity contribution in [2.75, 3.05) is 4.90 Å². The van der Waals surface area contributed by atoms with Gasteiger partial charge in [0.1, 0.15) is 0 Å². The number of nitrogens with two attached hydrogens (primary N) is 1. The quantitative estimate of drug-likeness (QED) is 0.633. The first-order chi connectivity index (χ1) is 6.29. The van der Waals surface area contributed by atoms with Crippen molar-refractivity contribution in [3.63, 3.8) is 0 Å². The summed E-state index contributed by atoms with van der Waals surface area (Å²) in [5.74, 6) is 0. The molecule has 0 saturated heterocycles. The van der Waals surface area contributed by atoms with Crippen molar-refractivity contribution >= 4 is 23.0 Å². The minimum Gasteiger partial charge on any atom is -0.376 e. The van der Waals surface area contributed by atoms with E-state index in [1.165, 1.54) is 5.56 Å². The number of para-hydroxylation sites is 1. The second-order valence-electron chi connectivity index (χ2n) is 2.93. The fourth-order valence-electron chi connectivity index (χ4n) is 1.48. The topological polar surface area (TPSA) is 29.3 Å². The van der Waals surface area contributed by atoms with Crippen LogP contribution in [0, 0.1) is 0 Å². The third kappa shape index (κ3) is 1.42. The van der Waals surface area contributed by atoms with E-state index in [0.29, 0.717) is 5.11 Å². The van der Waals surface area contributed by atoms with E-state index < -0.39 is 0 Å². The van der Waals surface area contributed by atoms with Gasteiger partial charge in [0.25, 0.3) is 0 Å². The summed E-state index contributed by atoms with van der Waals surface area (Å²) in [4.78, 5) is 1.83. The van der Waals surface area contributed by atoms with E-state index in [1.807, 2.05) is 29.3 Å². The maximum absolute atomic E-state index is 5.59. The zero-order valence-corrected chi connectivity index (χ0v) is 7.92. The molecule has 0 spiro atoms. The Labute approximate surface area is 82.7 Å². The van der Waals surface area contributed by atoms with Gasteiger partial charge < -0.3 is 5.73 Å². The molecule has 0 unspecified atom stereocenters. The van der Waals surface area contributed by atoms with Crippen molar-refractivity contribution in [3.05, 3.63) is 42.1 Å². The van der Waals surface area contributed by atoms with Gasteiger partial charge in [0.15, 0.2) is 5.11 Å². The molecule has 13 heavy (non-hydrogen) atoms. The second-order valence-corrected chi connectivity index (χ2v) is 3.34. The summed E-state index contributed by atoms with van der Waals surface area (Å²) >= 11 is 4.94. The first-order valence-corrected chi connectivity index (χ1v) is 4.53. The van der Waals surface area contributed by atoms with Crippen molar-refractivity contribution in [3.8, 4) is 0 Å². The molecule has 2 rings (SSSR count). The lowest BCUT2D eigenvalue weighted by molar-refractivity contribution is 1.16. The zero-order valence-electron chi connectivity index (χ0n) is 7.10. The normalized spacial score (nSPS) is 14.0. The van der Waals surface area contributed by atoms with Gasteiger partial charge >= 0.3 is 0 Å². The van der Waals surface area contributed by atoms with Gasteiger partial charge in [-0.25, -0.2) is 0 Å². The number of allylic oxidation sites excluding steroid dienone is 1. The Kier molecular flexibility index (Phi) is 2.02. The number of anilines is 1. The molecule has 0 saturated carbocycles. The zero-order chi connectivity index (χ0) is 9.26.